The van der Waals surface area contributed by atoms with Gasteiger partial charge in [-0.15, -0.1) is 0 Å². The standard InChI is InChI=1S/C17H16BrIN2O3/c1-23-15-9-12(4-7-16(22)21-20)8-14(19)17(15)24-10-11-2-5-13(18)6-3-11/h2-9H,10,20H2,1H3,(H,21,22)/b7-4+. The molecule has 0 atom stereocenters. The fraction of sp³-hybridized carbons (Fsp3) is 0.118. The second-order valence-corrected chi connectivity index (χ2v) is 6.87. The SMILES string of the molecule is COc1cc(/C=C/C(=O)NN)cc(I)c1OCc1ccc(Br)cc1. The van der Waals surface area contributed by atoms with Crippen molar-refractivity contribution in [1.82, 2.24) is 5.43 Å². The Morgan fingerprint density at radius 3 is 2.67 bits per heavy atom. The molecule has 0 fully saturated rings. The van der Waals surface area contributed by atoms with E-state index in [-0.39, 0.29) is 5.91 Å². The summed E-state index contributed by atoms with van der Waals surface area (Å²) in [6, 6.07) is 11.6. The average molecular weight is 503 g/mol. The number of ether oxygens (including phenoxy) is 2. The van der Waals surface area contributed by atoms with Crippen molar-refractivity contribution in [1.29, 1.82) is 0 Å². The number of halogens is 2. The summed E-state index contributed by atoms with van der Waals surface area (Å²) in [5, 5.41) is 0. The summed E-state index contributed by atoms with van der Waals surface area (Å²) in [6.07, 6.45) is 3.01. The van der Waals surface area contributed by atoms with Crippen molar-refractivity contribution in [3.8, 4) is 11.5 Å². The maximum Gasteiger partial charge on any atom is 0.257 e. The quantitative estimate of drug-likeness (QED) is 0.208. The number of hydrogen-bond donors (Lipinski definition) is 2. The molecule has 2 rings (SSSR count). The molecule has 5 nitrogen and oxygen atoms in total. The molecule has 126 valence electrons. The molecule has 0 saturated carbocycles. The summed E-state index contributed by atoms with van der Waals surface area (Å²) in [6.45, 7) is 0.435. The molecule has 3 N–H and O–H groups in total. The Kier molecular flexibility index (Phi) is 7.07. The predicted molar refractivity (Wildman–Crippen MR) is 106 cm³/mol. The summed E-state index contributed by atoms with van der Waals surface area (Å²) >= 11 is 5.59. The van der Waals surface area contributed by atoms with Crippen molar-refractivity contribution < 1.29 is 14.3 Å². The van der Waals surface area contributed by atoms with E-state index in [1.807, 2.05) is 35.8 Å². The Morgan fingerprint density at radius 2 is 2.04 bits per heavy atom. The van der Waals surface area contributed by atoms with Crippen molar-refractivity contribution in [2.75, 3.05) is 7.11 Å². The first-order chi connectivity index (χ1) is 11.5. The van der Waals surface area contributed by atoms with Gasteiger partial charge in [0, 0.05) is 10.5 Å². The van der Waals surface area contributed by atoms with Gasteiger partial charge in [0.05, 0.1) is 10.7 Å². The van der Waals surface area contributed by atoms with E-state index in [9.17, 15) is 4.79 Å². The lowest BCUT2D eigenvalue weighted by Gasteiger charge is -2.14. The number of hydrogen-bond acceptors (Lipinski definition) is 4. The normalized spacial score (nSPS) is 10.7. The highest BCUT2D eigenvalue weighted by Crippen LogP contribution is 2.35. The topological polar surface area (TPSA) is 73.6 Å². The Bertz CT molecular complexity index is 748. The molecule has 0 radical (unpaired) electrons. The second-order valence-electron chi connectivity index (χ2n) is 4.79. The summed E-state index contributed by atoms with van der Waals surface area (Å²) in [5.74, 6) is 5.95. The molecule has 0 aliphatic heterocycles. The van der Waals surface area contributed by atoms with E-state index in [2.05, 4.69) is 38.5 Å². The van der Waals surface area contributed by atoms with Crippen LogP contribution in [-0.4, -0.2) is 13.0 Å². The molecule has 0 aliphatic rings. The highest BCUT2D eigenvalue weighted by atomic mass is 127. The maximum atomic E-state index is 11.2. The smallest absolute Gasteiger partial charge is 0.257 e. The van der Waals surface area contributed by atoms with Crippen molar-refractivity contribution in [3.63, 3.8) is 0 Å². The first-order valence-electron chi connectivity index (χ1n) is 6.97. The van der Waals surface area contributed by atoms with Crippen molar-refractivity contribution in [3.05, 3.63) is 61.6 Å². The van der Waals surface area contributed by atoms with Gasteiger partial charge in [-0.05, 0) is 64.1 Å². The zero-order chi connectivity index (χ0) is 17.5. The van der Waals surface area contributed by atoms with Gasteiger partial charge in [0.2, 0.25) is 0 Å². The number of amides is 1. The third kappa shape index (κ3) is 5.22. The van der Waals surface area contributed by atoms with Crippen LogP contribution in [0, 0.1) is 3.57 Å². The van der Waals surface area contributed by atoms with Gasteiger partial charge in [-0.3, -0.25) is 10.2 Å². The summed E-state index contributed by atoms with van der Waals surface area (Å²) in [4.78, 5) is 11.2. The van der Waals surface area contributed by atoms with Crippen LogP contribution in [-0.2, 0) is 11.4 Å². The summed E-state index contributed by atoms with van der Waals surface area (Å²) in [5.41, 5.74) is 3.92. The van der Waals surface area contributed by atoms with E-state index in [4.69, 9.17) is 15.3 Å². The number of nitrogens with one attached hydrogen (secondary N) is 1. The van der Waals surface area contributed by atoms with E-state index < -0.39 is 0 Å². The molecule has 0 spiro atoms. The van der Waals surface area contributed by atoms with E-state index in [0.29, 0.717) is 18.1 Å². The Morgan fingerprint density at radius 1 is 1.33 bits per heavy atom. The molecule has 0 heterocycles. The summed E-state index contributed by atoms with van der Waals surface area (Å²) < 4.78 is 13.2. The molecular weight excluding hydrogens is 487 g/mol. The largest absolute Gasteiger partial charge is 0.493 e. The Balaban J connectivity index is 2.18. The van der Waals surface area contributed by atoms with Crippen molar-refractivity contribution in [2.24, 2.45) is 5.84 Å². The van der Waals surface area contributed by atoms with Gasteiger partial charge in [-0.25, -0.2) is 5.84 Å². The minimum absolute atomic E-state index is 0.375. The lowest BCUT2D eigenvalue weighted by Crippen LogP contribution is -2.27. The van der Waals surface area contributed by atoms with Gasteiger partial charge in [0.1, 0.15) is 6.61 Å². The molecule has 2 aromatic rings. The molecule has 1 amide bonds. The third-order valence-corrected chi connectivity index (χ3v) is 4.45. The molecule has 24 heavy (non-hydrogen) atoms. The molecule has 7 heteroatoms. The predicted octanol–water partition coefficient (Wildman–Crippen LogP) is 3.64. The molecule has 0 aromatic heterocycles. The van der Waals surface area contributed by atoms with Crippen LogP contribution in [0.25, 0.3) is 6.08 Å². The van der Waals surface area contributed by atoms with Gasteiger partial charge in [-0.2, -0.15) is 0 Å². The fourth-order valence-electron chi connectivity index (χ4n) is 1.93. The lowest BCUT2D eigenvalue weighted by molar-refractivity contribution is -0.116. The zero-order valence-electron chi connectivity index (χ0n) is 12.9. The number of nitrogens with two attached hydrogens (primary N) is 1. The number of methoxy groups -OCH3 is 1. The summed E-state index contributed by atoms with van der Waals surface area (Å²) in [7, 11) is 1.58. The van der Waals surface area contributed by atoms with Crippen LogP contribution < -0.4 is 20.7 Å². The monoisotopic (exact) mass is 502 g/mol. The minimum Gasteiger partial charge on any atom is -0.493 e. The number of benzene rings is 2. The highest BCUT2D eigenvalue weighted by molar-refractivity contribution is 14.1. The van der Waals surface area contributed by atoms with Gasteiger partial charge < -0.3 is 9.47 Å². The average Bonchev–Trinajstić information content (AvgIpc) is 2.59. The first-order valence-corrected chi connectivity index (χ1v) is 8.84. The van der Waals surface area contributed by atoms with Gasteiger partial charge in [-0.1, -0.05) is 28.1 Å². The van der Waals surface area contributed by atoms with Crippen molar-refractivity contribution in [2.45, 2.75) is 6.61 Å². The van der Waals surface area contributed by atoms with E-state index in [1.165, 1.54) is 6.08 Å². The van der Waals surface area contributed by atoms with Gasteiger partial charge in [0.25, 0.3) is 5.91 Å². The third-order valence-electron chi connectivity index (χ3n) is 3.12. The zero-order valence-corrected chi connectivity index (χ0v) is 16.6. The van der Waals surface area contributed by atoms with Crippen LogP contribution in [0.5, 0.6) is 11.5 Å². The molecule has 0 aliphatic carbocycles. The molecule has 2 aromatic carbocycles. The first kappa shape index (κ1) is 18.8. The van der Waals surface area contributed by atoms with Crippen LogP contribution in [0.4, 0.5) is 0 Å². The highest BCUT2D eigenvalue weighted by Gasteiger charge is 2.11. The number of rotatable bonds is 6. The number of carbonyl (C=O) groups excluding carboxylic acids is 1. The van der Waals surface area contributed by atoms with E-state index >= 15 is 0 Å². The van der Waals surface area contributed by atoms with Crippen LogP contribution in [0.3, 0.4) is 0 Å². The van der Waals surface area contributed by atoms with Crippen LogP contribution >= 0.6 is 38.5 Å². The molecule has 0 bridgehead atoms. The van der Waals surface area contributed by atoms with Crippen LogP contribution in [0.15, 0.2) is 46.9 Å². The van der Waals surface area contributed by atoms with Crippen LogP contribution in [0.1, 0.15) is 11.1 Å². The maximum absolute atomic E-state index is 11.2. The molecule has 0 unspecified atom stereocenters. The van der Waals surface area contributed by atoms with E-state index in [0.717, 1.165) is 19.2 Å². The van der Waals surface area contributed by atoms with E-state index in [1.54, 1.807) is 19.3 Å². The Labute approximate surface area is 162 Å². The van der Waals surface area contributed by atoms with Crippen LogP contribution in [0.2, 0.25) is 0 Å². The van der Waals surface area contributed by atoms with Gasteiger partial charge >= 0.3 is 0 Å². The number of carbonyl (C=O) groups is 1. The minimum atomic E-state index is -0.375. The van der Waals surface area contributed by atoms with Gasteiger partial charge in [0.15, 0.2) is 11.5 Å². The number of hydrazine groups is 1. The lowest BCUT2D eigenvalue weighted by atomic mass is 10.2. The molecule has 0 saturated heterocycles. The second kappa shape index (κ2) is 9.05. The molecular formula is C17H16BrIN2O3. The van der Waals surface area contributed by atoms with Crippen molar-refractivity contribution >= 4 is 50.5 Å². The Hall–Kier alpha value is -1.58. The fourth-order valence-corrected chi connectivity index (χ4v) is 2.98.